The zero-order valence-electron chi connectivity index (χ0n) is 14.7. The first-order valence-corrected chi connectivity index (χ1v) is 8.65. The second kappa shape index (κ2) is 8.45. The van der Waals surface area contributed by atoms with Crippen molar-refractivity contribution in [2.75, 3.05) is 18.4 Å². The minimum Gasteiger partial charge on any atom is -0.446 e. The molecule has 0 aliphatic carbocycles. The molecule has 1 saturated heterocycles. The third kappa shape index (κ3) is 5.14. The highest BCUT2D eigenvalue weighted by Gasteiger charge is 2.21. The van der Waals surface area contributed by atoms with Crippen molar-refractivity contribution >= 4 is 23.3 Å². The van der Waals surface area contributed by atoms with Crippen LogP contribution in [-0.4, -0.2) is 40.1 Å². The Morgan fingerprint density at radius 3 is 2.63 bits per heavy atom. The number of hydrogen-bond acceptors (Lipinski definition) is 7. The van der Waals surface area contributed by atoms with Crippen LogP contribution in [0.2, 0.25) is 0 Å². The highest BCUT2D eigenvalue weighted by atomic mass is 16.6. The van der Waals surface area contributed by atoms with E-state index >= 15 is 0 Å². The lowest BCUT2D eigenvalue weighted by Gasteiger charge is -2.31. The number of piperidine rings is 1. The van der Waals surface area contributed by atoms with Crippen LogP contribution in [0.5, 0.6) is 0 Å². The van der Waals surface area contributed by atoms with Crippen molar-refractivity contribution in [1.82, 2.24) is 9.88 Å². The average molecular weight is 371 g/mol. The van der Waals surface area contributed by atoms with Crippen LogP contribution in [0.25, 0.3) is 0 Å². The van der Waals surface area contributed by atoms with Crippen molar-refractivity contribution in [2.45, 2.75) is 25.5 Å². The minimum atomic E-state index is -0.718. The Bertz CT molecular complexity index is 804. The number of nitrogens with zero attached hydrogens (tertiary/aromatic N) is 3. The molecule has 2 heterocycles. The number of aromatic nitrogens is 1. The van der Waals surface area contributed by atoms with E-state index in [1.54, 1.807) is 0 Å². The number of anilines is 2. The summed E-state index contributed by atoms with van der Waals surface area (Å²) in [6.45, 7) is 2.45. The highest BCUT2D eigenvalue weighted by molar-refractivity contribution is 5.65. The highest BCUT2D eigenvalue weighted by Crippen LogP contribution is 2.25. The van der Waals surface area contributed by atoms with Gasteiger partial charge in [0.15, 0.2) is 0 Å². The van der Waals surface area contributed by atoms with Crippen molar-refractivity contribution in [1.29, 1.82) is 0 Å². The average Bonchev–Trinajstić information content (AvgIpc) is 2.65. The van der Waals surface area contributed by atoms with Gasteiger partial charge in [0.1, 0.15) is 6.10 Å². The van der Waals surface area contributed by atoms with Crippen molar-refractivity contribution in [3.63, 3.8) is 0 Å². The number of carbonyl (C=O) groups is 1. The van der Waals surface area contributed by atoms with Crippen LogP contribution in [0.4, 0.5) is 22.0 Å². The van der Waals surface area contributed by atoms with Crippen molar-refractivity contribution in [3.8, 4) is 0 Å². The molecule has 27 heavy (non-hydrogen) atoms. The first-order chi connectivity index (χ1) is 13.0. The molecule has 1 aliphatic heterocycles. The Kier molecular flexibility index (Phi) is 5.82. The molecule has 0 unspecified atom stereocenters. The SMILES string of the molecule is NC(=O)OC1CCN(Cc2ccc(Nc3ncccc3[N+](=O)[O-])cc2)CC1. The molecule has 3 rings (SSSR count). The number of nitrogens with one attached hydrogen (secondary N) is 1. The number of hydrogen-bond donors (Lipinski definition) is 2. The van der Waals surface area contributed by atoms with E-state index in [1.165, 1.54) is 18.3 Å². The molecule has 2 aromatic rings. The van der Waals surface area contributed by atoms with Crippen LogP contribution in [0, 0.1) is 10.1 Å². The topological polar surface area (TPSA) is 124 Å². The Balaban J connectivity index is 1.55. The zero-order chi connectivity index (χ0) is 19.2. The summed E-state index contributed by atoms with van der Waals surface area (Å²) in [5.74, 6) is 0.215. The second-order valence-electron chi connectivity index (χ2n) is 6.36. The monoisotopic (exact) mass is 371 g/mol. The van der Waals surface area contributed by atoms with Gasteiger partial charge in [-0.05, 0) is 36.6 Å². The molecule has 1 fully saturated rings. The normalized spacial score (nSPS) is 15.3. The quantitative estimate of drug-likeness (QED) is 0.591. The van der Waals surface area contributed by atoms with E-state index in [4.69, 9.17) is 10.5 Å². The Hall–Kier alpha value is -3.20. The molecular weight excluding hydrogens is 350 g/mol. The summed E-state index contributed by atoms with van der Waals surface area (Å²) in [7, 11) is 0. The fraction of sp³-hybridized carbons (Fsp3) is 0.333. The molecule has 9 heteroatoms. The van der Waals surface area contributed by atoms with Gasteiger partial charge in [0.25, 0.3) is 0 Å². The third-order valence-corrected chi connectivity index (χ3v) is 4.42. The lowest BCUT2D eigenvalue weighted by atomic mass is 10.1. The predicted molar refractivity (Wildman–Crippen MR) is 99.6 cm³/mol. The molecule has 142 valence electrons. The Morgan fingerprint density at radius 1 is 1.30 bits per heavy atom. The molecule has 0 bridgehead atoms. The number of rotatable bonds is 6. The molecule has 0 saturated carbocycles. The third-order valence-electron chi connectivity index (χ3n) is 4.42. The minimum absolute atomic E-state index is 0.0670. The largest absolute Gasteiger partial charge is 0.446 e. The molecule has 1 amide bonds. The van der Waals surface area contributed by atoms with Crippen molar-refractivity contribution in [3.05, 3.63) is 58.3 Å². The molecule has 0 radical (unpaired) electrons. The zero-order valence-corrected chi connectivity index (χ0v) is 14.7. The van der Waals surface area contributed by atoms with E-state index in [0.29, 0.717) is 0 Å². The first-order valence-electron chi connectivity index (χ1n) is 8.65. The van der Waals surface area contributed by atoms with Crippen molar-refractivity contribution in [2.24, 2.45) is 5.73 Å². The van der Waals surface area contributed by atoms with Crippen LogP contribution in [0.15, 0.2) is 42.6 Å². The number of pyridine rings is 1. The van der Waals surface area contributed by atoms with E-state index in [1.807, 2.05) is 24.3 Å². The van der Waals surface area contributed by atoms with Gasteiger partial charge in [-0.1, -0.05) is 12.1 Å². The summed E-state index contributed by atoms with van der Waals surface area (Å²) in [4.78, 5) is 27.7. The number of amides is 1. The summed E-state index contributed by atoms with van der Waals surface area (Å²) in [6, 6.07) is 10.6. The van der Waals surface area contributed by atoms with Crippen LogP contribution < -0.4 is 11.1 Å². The summed E-state index contributed by atoms with van der Waals surface area (Å²) in [5, 5.41) is 14.0. The lowest BCUT2D eigenvalue weighted by molar-refractivity contribution is -0.384. The summed E-state index contributed by atoms with van der Waals surface area (Å²) in [6.07, 6.45) is 2.23. The molecule has 1 aromatic carbocycles. The molecule has 1 aromatic heterocycles. The van der Waals surface area contributed by atoms with Crippen LogP contribution in [0.1, 0.15) is 18.4 Å². The second-order valence-corrected chi connectivity index (χ2v) is 6.36. The molecule has 0 atom stereocenters. The summed E-state index contributed by atoms with van der Waals surface area (Å²) >= 11 is 0. The van der Waals surface area contributed by atoms with Crippen LogP contribution >= 0.6 is 0 Å². The number of ether oxygens (including phenoxy) is 1. The van der Waals surface area contributed by atoms with Crippen molar-refractivity contribution < 1.29 is 14.5 Å². The van der Waals surface area contributed by atoms with E-state index in [-0.39, 0.29) is 17.6 Å². The van der Waals surface area contributed by atoms with Gasteiger partial charge in [0, 0.05) is 37.6 Å². The van der Waals surface area contributed by atoms with Gasteiger partial charge in [0.2, 0.25) is 5.82 Å². The molecular formula is C18H21N5O4. The van der Waals surface area contributed by atoms with E-state index in [9.17, 15) is 14.9 Å². The first kappa shape index (κ1) is 18.6. The van der Waals surface area contributed by atoms with Gasteiger partial charge in [0.05, 0.1) is 4.92 Å². The number of nitro groups is 1. The predicted octanol–water partition coefficient (Wildman–Crippen LogP) is 2.79. The summed E-state index contributed by atoms with van der Waals surface area (Å²) in [5.41, 5.74) is 6.85. The molecule has 3 N–H and O–H groups in total. The van der Waals surface area contributed by atoms with Gasteiger partial charge in [-0.3, -0.25) is 15.0 Å². The number of primary amides is 1. The van der Waals surface area contributed by atoms with E-state index in [0.717, 1.165) is 43.7 Å². The maximum atomic E-state index is 11.1. The number of nitrogens with two attached hydrogens (primary N) is 1. The van der Waals surface area contributed by atoms with Gasteiger partial charge < -0.3 is 15.8 Å². The maximum Gasteiger partial charge on any atom is 0.404 e. The fourth-order valence-electron chi connectivity index (χ4n) is 3.08. The van der Waals surface area contributed by atoms with Crippen LogP contribution in [-0.2, 0) is 11.3 Å². The smallest absolute Gasteiger partial charge is 0.404 e. The number of benzene rings is 1. The van der Waals surface area contributed by atoms with E-state index < -0.39 is 11.0 Å². The summed E-state index contributed by atoms with van der Waals surface area (Å²) < 4.78 is 5.04. The molecule has 9 nitrogen and oxygen atoms in total. The van der Waals surface area contributed by atoms with Gasteiger partial charge in [-0.15, -0.1) is 0 Å². The Labute approximate surface area is 156 Å². The molecule has 0 spiro atoms. The van der Waals surface area contributed by atoms with Gasteiger partial charge in [-0.2, -0.15) is 0 Å². The molecule has 1 aliphatic rings. The number of likely N-dealkylation sites (tertiary alicyclic amines) is 1. The lowest BCUT2D eigenvalue weighted by Crippen LogP contribution is -2.38. The fourth-order valence-corrected chi connectivity index (χ4v) is 3.08. The Morgan fingerprint density at radius 2 is 2.00 bits per heavy atom. The number of carbonyl (C=O) groups excluding carboxylic acids is 1. The maximum absolute atomic E-state index is 11.1. The van der Waals surface area contributed by atoms with Crippen LogP contribution in [0.3, 0.4) is 0 Å². The standard InChI is InChI=1S/C18H21N5O4/c19-18(24)27-15-7-10-22(11-8-15)12-13-3-5-14(6-4-13)21-17-16(23(25)26)2-1-9-20-17/h1-6,9,15H,7-8,10-12H2,(H2,19,24)(H,20,21). The van der Waals surface area contributed by atoms with E-state index in [2.05, 4.69) is 15.2 Å². The van der Waals surface area contributed by atoms with Gasteiger partial charge in [-0.25, -0.2) is 9.78 Å². The van der Waals surface area contributed by atoms with Gasteiger partial charge >= 0.3 is 11.8 Å².